The van der Waals surface area contributed by atoms with Crippen molar-refractivity contribution in [2.45, 2.75) is 194 Å². The van der Waals surface area contributed by atoms with E-state index in [-0.39, 0.29) is 87.3 Å². The molecule has 0 saturated carbocycles. The average molecular weight is 1340 g/mol. The minimum atomic E-state index is -1.19. The number of nitrogens with one attached hydrogen (secondary N) is 5. The Labute approximate surface area is 565 Å². The zero-order valence-electron chi connectivity index (χ0n) is 58.4. The average Bonchev–Trinajstić information content (AvgIpc) is 1.25. The lowest BCUT2D eigenvalue weighted by Crippen LogP contribution is -2.60. The predicted molar refractivity (Wildman–Crippen MR) is 359 cm³/mol. The van der Waals surface area contributed by atoms with Crippen molar-refractivity contribution in [1.29, 1.82) is 0 Å². The Bertz CT molecular complexity index is 2980. The van der Waals surface area contributed by atoms with Crippen LogP contribution in [-0.2, 0) is 75.2 Å². The summed E-state index contributed by atoms with van der Waals surface area (Å²) < 4.78 is 17.7. The van der Waals surface area contributed by atoms with E-state index in [0.717, 1.165) is 15.4 Å². The highest BCUT2D eigenvalue weighted by molar-refractivity contribution is 6.12. The molecule has 1 fully saturated rings. The van der Waals surface area contributed by atoms with Gasteiger partial charge in [0.15, 0.2) is 0 Å². The number of rotatable bonds is 39. The molecule has 0 bridgehead atoms. The van der Waals surface area contributed by atoms with Crippen molar-refractivity contribution in [1.82, 2.24) is 45.8 Å². The summed E-state index contributed by atoms with van der Waals surface area (Å²) >= 11 is 0. The van der Waals surface area contributed by atoms with Crippen molar-refractivity contribution in [2.24, 2.45) is 35.3 Å². The number of urea groups is 1. The third kappa shape index (κ3) is 23.1. The van der Waals surface area contributed by atoms with Crippen LogP contribution in [0.2, 0.25) is 0 Å². The molecule has 12 amide bonds. The number of amides is 12. The van der Waals surface area contributed by atoms with Crippen LogP contribution in [0.25, 0.3) is 0 Å². The summed E-state index contributed by atoms with van der Waals surface area (Å²) in [5, 5.41) is 23.7. The van der Waals surface area contributed by atoms with E-state index < -0.39 is 120 Å². The van der Waals surface area contributed by atoms with Crippen molar-refractivity contribution < 1.29 is 76.9 Å². The number of likely N-dealkylation sites (tertiary alicyclic amines) is 1. The van der Waals surface area contributed by atoms with E-state index in [1.807, 2.05) is 19.9 Å². The Morgan fingerprint density at radius 2 is 1.29 bits per heavy atom. The Morgan fingerprint density at radius 1 is 0.688 bits per heavy atom. The Morgan fingerprint density at radius 3 is 1.85 bits per heavy atom. The van der Waals surface area contributed by atoms with Gasteiger partial charge in [0.1, 0.15) is 36.8 Å². The maximum absolute atomic E-state index is 14.8. The summed E-state index contributed by atoms with van der Waals surface area (Å²) in [6, 6.07) is 7.94. The maximum Gasteiger partial charge on any atom is 0.410 e. The van der Waals surface area contributed by atoms with Gasteiger partial charge in [0, 0.05) is 85.7 Å². The van der Waals surface area contributed by atoms with Crippen LogP contribution in [0.3, 0.4) is 0 Å². The highest BCUT2D eigenvalue weighted by Gasteiger charge is 2.44. The molecule has 2 aromatic rings. The summed E-state index contributed by atoms with van der Waals surface area (Å²) in [6.07, 6.45) is 3.64. The molecule has 2 aromatic carbocycles. The molecule has 27 nitrogen and oxygen atoms in total. The zero-order valence-corrected chi connectivity index (χ0v) is 58.4. The van der Waals surface area contributed by atoms with Crippen molar-refractivity contribution in [3.8, 4) is 0 Å². The number of primary amides is 1. The number of benzene rings is 2. The molecule has 1 saturated heterocycles. The van der Waals surface area contributed by atoms with Gasteiger partial charge in [-0.15, -0.1) is 0 Å². The van der Waals surface area contributed by atoms with Crippen LogP contribution < -0.4 is 32.3 Å². The number of carboxylic acids is 1. The number of methoxy groups -OCH3 is 2. The fraction of sp³-hybridized carbons (Fsp3) is 0.623. The van der Waals surface area contributed by atoms with Gasteiger partial charge < -0.3 is 66.3 Å². The topological polar surface area (TPSA) is 355 Å². The van der Waals surface area contributed by atoms with Crippen LogP contribution in [0.5, 0.6) is 0 Å². The van der Waals surface area contributed by atoms with Gasteiger partial charge in [-0.2, -0.15) is 0 Å². The number of nitrogens with two attached hydrogens (primary N) is 1. The van der Waals surface area contributed by atoms with Crippen LogP contribution in [0.15, 0.2) is 66.7 Å². The molecule has 2 heterocycles. The van der Waals surface area contributed by atoms with Gasteiger partial charge >= 0.3 is 18.1 Å². The molecule has 4 rings (SSSR count). The van der Waals surface area contributed by atoms with Gasteiger partial charge in [-0.1, -0.05) is 118 Å². The molecule has 0 aliphatic carbocycles. The number of hydrogen-bond donors (Lipinski definition) is 7. The third-order valence-electron chi connectivity index (χ3n) is 18.1. The summed E-state index contributed by atoms with van der Waals surface area (Å²) in [7, 11) is 7.48. The van der Waals surface area contributed by atoms with Gasteiger partial charge in [-0.25, -0.2) is 14.4 Å². The van der Waals surface area contributed by atoms with Crippen LogP contribution in [-0.4, -0.2) is 210 Å². The molecule has 0 aromatic heterocycles. The largest absolute Gasteiger partial charge is 0.480 e. The number of carbonyl (C=O) groups excluding carboxylic acids is 11. The van der Waals surface area contributed by atoms with E-state index in [0.29, 0.717) is 56.3 Å². The van der Waals surface area contributed by atoms with Crippen molar-refractivity contribution in [3.63, 3.8) is 0 Å². The second kappa shape index (κ2) is 38.9. The molecular weight excluding hydrogens is 1240 g/mol. The molecular formula is C69H105N11O16. The van der Waals surface area contributed by atoms with Gasteiger partial charge in [-0.05, 0) is 85.5 Å². The smallest absolute Gasteiger partial charge is 0.410 e. The highest BCUT2D eigenvalue weighted by atomic mass is 16.6. The van der Waals surface area contributed by atoms with Gasteiger partial charge in [0.2, 0.25) is 41.4 Å². The monoisotopic (exact) mass is 1340 g/mol. The van der Waals surface area contributed by atoms with Gasteiger partial charge in [-0.3, -0.25) is 53.0 Å². The number of ether oxygens (including phenoxy) is 3. The Balaban J connectivity index is 1.39. The second-order valence-electron chi connectivity index (χ2n) is 26.1. The van der Waals surface area contributed by atoms with Crippen LogP contribution in [0.1, 0.15) is 138 Å². The number of aliphatic carboxylic acids is 1. The maximum atomic E-state index is 14.8. The lowest BCUT2D eigenvalue weighted by molar-refractivity contribution is -0.148. The first-order valence-corrected chi connectivity index (χ1v) is 33.3. The second-order valence-corrected chi connectivity index (χ2v) is 26.1. The van der Waals surface area contributed by atoms with Crippen molar-refractivity contribution in [2.75, 3.05) is 60.3 Å². The first kappa shape index (κ1) is 80.0. The van der Waals surface area contributed by atoms with Crippen LogP contribution in [0.4, 0.5) is 15.3 Å². The Kier molecular flexibility index (Phi) is 32.4. The SMILES string of the molecule is CC[C@H](C)[C@@H](C(CC(=O)N1CCC[C@H]1[C@H](OC)[C@@H](C)C(=O)NC(Cc1ccccc1)C(=O)O)OC)N(C)C(=O)[C@@H](NC(=O)[C@H](C(C)C)N(C)C(=O)OCc1ccc(NC(=O)[C@H](CCCNC(N)=O)NC(=O)C(C(C)C)N(C)C(=O)CCCCCN2C(=O)C=CC2=O)cc1)C(C)C. The lowest BCUT2D eigenvalue weighted by Gasteiger charge is -2.41. The number of imide groups is 1. The molecule has 8 N–H and O–H groups in total. The number of carboxylic acid groups (broad SMARTS) is 1. The van der Waals surface area contributed by atoms with E-state index in [2.05, 4.69) is 26.6 Å². The van der Waals surface area contributed by atoms with E-state index in [9.17, 15) is 62.6 Å². The van der Waals surface area contributed by atoms with Crippen molar-refractivity contribution in [3.05, 3.63) is 77.9 Å². The number of carbonyl (C=O) groups is 12. The molecule has 11 atom stereocenters. The number of unbranched alkanes of at least 4 members (excludes halogenated alkanes) is 2. The lowest BCUT2D eigenvalue weighted by atomic mass is 9.89. The molecule has 27 heteroatoms. The molecule has 0 radical (unpaired) electrons. The first-order valence-electron chi connectivity index (χ1n) is 33.3. The molecule has 532 valence electrons. The molecule has 96 heavy (non-hydrogen) atoms. The zero-order chi connectivity index (χ0) is 71.7. The highest BCUT2D eigenvalue weighted by Crippen LogP contribution is 2.30. The van der Waals surface area contributed by atoms with Crippen LogP contribution >= 0.6 is 0 Å². The summed E-state index contributed by atoms with van der Waals surface area (Å²) in [6.45, 7) is 16.7. The van der Waals surface area contributed by atoms with E-state index in [4.69, 9.17) is 19.9 Å². The fourth-order valence-corrected chi connectivity index (χ4v) is 12.5. The van der Waals surface area contributed by atoms with Gasteiger partial charge in [0.25, 0.3) is 11.8 Å². The number of likely N-dealkylation sites (N-methyl/N-ethyl adjacent to an activating group) is 3. The molecule has 2 aliphatic rings. The number of hydrogen-bond acceptors (Lipinski definition) is 15. The summed E-state index contributed by atoms with van der Waals surface area (Å²) in [5.74, 6) is -7.59. The Hall–Kier alpha value is -8.46. The van der Waals surface area contributed by atoms with Crippen molar-refractivity contribution >= 4 is 76.9 Å². The third-order valence-corrected chi connectivity index (χ3v) is 18.1. The van der Waals surface area contributed by atoms with E-state index in [1.54, 1.807) is 109 Å². The summed E-state index contributed by atoms with van der Waals surface area (Å²) in [5.41, 5.74) is 6.85. The first-order chi connectivity index (χ1) is 45.4. The summed E-state index contributed by atoms with van der Waals surface area (Å²) in [4.78, 5) is 167. The predicted octanol–water partition coefficient (Wildman–Crippen LogP) is 4.99. The van der Waals surface area contributed by atoms with E-state index in [1.165, 1.54) is 50.3 Å². The standard InChI is InChI=1S/C69H105N11O16/c1-15-44(8)60(52(94-13)39-56(84)79-37-23-27-51(79)61(95-14)45(9)62(85)74-50(67(90)91)38-46-24-18-16-19-25-46)77(11)66(89)57(41(2)3)75-65(88)59(43(6)7)78(12)69(93)96-40-47-29-31-48(32-30-47)72-63(86)49(26-22-35-71-68(70)92)73-64(87)58(42(4)5)76(10)53(81)28-20-17-21-36-80-54(82)33-34-55(80)83/h16,18-19,24-25,29-34,41-45,49-52,57-61H,15,17,20-23,26-28,35-40H2,1-14H3,(H,72,86)(H,73,87)(H,74,85)(H,75,88)(H,90,91)(H3,70,71,92)/t44-,45+,49-,50?,51-,52?,57-,58?,59-,60-,61+/m0/s1. The minimum Gasteiger partial charge on any atom is -0.480 e. The minimum absolute atomic E-state index is 0.0752. The van der Waals surface area contributed by atoms with Crippen LogP contribution in [0, 0.1) is 29.6 Å². The number of nitrogens with zero attached hydrogens (tertiary/aromatic N) is 5. The normalized spacial score (nSPS) is 16.9. The molecule has 3 unspecified atom stereocenters. The van der Waals surface area contributed by atoms with Gasteiger partial charge in [0.05, 0.1) is 36.6 Å². The molecule has 0 spiro atoms. The van der Waals surface area contributed by atoms with E-state index >= 15 is 0 Å². The quantitative estimate of drug-likeness (QED) is 0.0342. The number of anilines is 1. The molecule has 2 aliphatic heterocycles. The fourth-order valence-electron chi connectivity index (χ4n) is 12.5.